The molecule has 4 radical (unpaired) electrons. The number of thioether (sulfide) groups is 1. The summed E-state index contributed by atoms with van der Waals surface area (Å²) < 4.78 is 16.4. The van der Waals surface area contributed by atoms with E-state index >= 15 is 0 Å². The standard InChI is InChI=1S/C18H20N2O4S/c1-13(21)23-12-15-7-8-16-17(24-15)25-18(20-16)19-9-10-22-11-14-5-3-2-4-6-14/h2-6,15-17H,9-12H2,1H3,(H,19,20)/t15-,16-,17-/m1/s1. The molecular weight excluding hydrogens is 340 g/mol. The maximum atomic E-state index is 10.9. The van der Waals surface area contributed by atoms with Gasteiger partial charge >= 0.3 is 5.97 Å². The van der Waals surface area contributed by atoms with Gasteiger partial charge in [0, 0.05) is 26.3 Å². The molecule has 2 heterocycles. The Kier molecular flexibility index (Phi) is 6.72. The first kappa shape index (κ1) is 18.2. The molecule has 1 fully saturated rings. The molecule has 0 bridgehead atoms. The average Bonchev–Trinajstić information content (AvgIpc) is 3.02. The van der Waals surface area contributed by atoms with Gasteiger partial charge in [-0.2, -0.15) is 0 Å². The van der Waals surface area contributed by atoms with Crippen LogP contribution < -0.4 is 5.32 Å². The van der Waals surface area contributed by atoms with E-state index in [1.54, 1.807) is 0 Å². The third kappa shape index (κ3) is 5.73. The van der Waals surface area contributed by atoms with Gasteiger partial charge in [0.2, 0.25) is 0 Å². The Morgan fingerprint density at radius 1 is 1.36 bits per heavy atom. The maximum Gasteiger partial charge on any atom is 0.302 e. The van der Waals surface area contributed by atoms with Crippen LogP contribution in [0.2, 0.25) is 0 Å². The minimum atomic E-state index is -0.388. The van der Waals surface area contributed by atoms with Gasteiger partial charge in [-0.1, -0.05) is 42.1 Å². The second-order valence-electron chi connectivity index (χ2n) is 5.55. The van der Waals surface area contributed by atoms with E-state index in [2.05, 4.69) is 23.2 Å². The molecule has 1 N–H and O–H groups in total. The molecule has 2 aliphatic rings. The van der Waals surface area contributed by atoms with E-state index in [-0.39, 0.29) is 30.2 Å². The van der Waals surface area contributed by atoms with Crippen LogP contribution in [0.1, 0.15) is 12.5 Å². The Bertz CT molecular complexity index is 596. The summed E-state index contributed by atoms with van der Waals surface area (Å²) in [6.07, 6.45) is 5.61. The number of benzene rings is 1. The predicted octanol–water partition coefficient (Wildman–Crippen LogP) is 1.71. The van der Waals surface area contributed by atoms with E-state index in [1.807, 2.05) is 30.3 Å². The van der Waals surface area contributed by atoms with E-state index in [0.717, 1.165) is 10.7 Å². The molecule has 3 atom stereocenters. The van der Waals surface area contributed by atoms with Gasteiger partial charge in [0.25, 0.3) is 0 Å². The molecule has 3 rings (SSSR count). The van der Waals surface area contributed by atoms with Crippen molar-refractivity contribution in [1.29, 1.82) is 0 Å². The molecule has 6 nitrogen and oxygen atoms in total. The molecule has 2 aliphatic heterocycles. The molecule has 7 heteroatoms. The SMILES string of the molecule is CC(=O)OC[C@H]1[C][C][C@H]2N=C(NCCOCc3ccccc3)S[C@H]2O1. The molecule has 1 saturated heterocycles. The first-order chi connectivity index (χ1) is 12.2. The minimum absolute atomic E-state index is 0.155. The van der Waals surface area contributed by atoms with Gasteiger partial charge in [-0.25, -0.2) is 0 Å². The van der Waals surface area contributed by atoms with E-state index in [1.165, 1.54) is 18.7 Å². The summed E-state index contributed by atoms with van der Waals surface area (Å²) in [5, 5.41) is 4.05. The third-order valence-electron chi connectivity index (χ3n) is 3.50. The lowest BCUT2D eigenvalue weighted by molar-refractivity contribution is -0.145. The molecule has 1 aromatic carbocycles. The van der Waals surface area contributed by atoms with Crippen molar-refractivity contribution in [3.05, 3.63) is 48.7 Å². The number of carbonyl (C=O) groups is 1. The number of amidine groups is 1. The van der Waals surface area contributed by atoms with Crippen LogP contribution >= 0.6 is 11.8 Å². The molecule has 0 spiro atoms. The van der Waals surface area contributed by atoms with Crippen molar-refractivity contribution in [3.63, 3.8) is 0 Å². The summed E-state index contributed by atoms with van der Waals surface area (Å²) >= 11 is 1.51. The van der Waals surface area contributed by atoms with E-state index in [4.69, 9.17) is 14.2 Å². The Morgan fingerprint density at radius 3 is 3.00 bits per heavy atom. The molecule has 0 saturated carbocycles. The van der Waals surface area contributed by atoms with Crippen molar-refractivity contribution in [2.75, 3.05) is 19.8 Å². The van der Waals surface area contributed by atoms with Crippen molar-refractivity contribution >= 4 is 22.9 Å². The number of aliphatic imine (C=N–C) groups is 1. The predicted molar refractivity (Wildman–Crippen MR) is 94.7 cm³/mol. The fraction of sp³-hybridized carbons (Fsp3) is 0.444. The first-order valence-electron chi connectivity index (χ1n) is 8.10. The second kappa shape index (κ2) is 9.22. The summed E-state index contributed by atoms with van der Waals surface area (Å²) in [5.74, 6) is -0.333. The van der Waals surface area contributed by atoms with Gasteiger partial charge in [-0.3, -0.25) is 9.79 Å². The Labute approximate surface area is 152 Å². The lowest BCUT2D eigenvalue weighted by atomic mass is 10.1. The van der Waals surface area contributed by atoms with Gasteiger partial charge in [0.05, 0.1) is 19.3 Å². The van der Waals surface area contributed by atoms with Gasteiger partial charge in [-0.15, -0.1) is 0 Å². The summed E-state index contributed by atoms with van der Waals surface area (Å²) in [6.45, 7) is 3.38. The van der Waals surface area contributed by atoms with Crippen molar-refractivity contribution in [2.45, 2.75) is 31.1 Å². The fourth-order valence-electron chi connectivity index (χ4n) is 2.32. The number of ether oxygens (including phenoxy) is 3. The van der Waals surface area contributed by atoms with Crippen LogP contribution in [-0.2, 0) is 25.6 Å². The quantitative estimate of drug-likeness (QED) is 0.590. The molecular formula is C18H20N2O4S. The zero-order valence-electron chi connectivity index (χ0n) is 13.9. The van der Waals surface area contributed by atoms with Crippen LogP contribution in [0.3, 0.4) is 0 Å². The summed E-state index contributed by atoms with van der Waals surface area (Å²) in [4.78, 5) is 15.4. The normalized spacial score (nSPS) is 25.2. The Balaban J connectivity index is 1.32. The number of hydrogen-bond acceptors (Lipinski definition) is 7. The Hall–Kier alpha value is -1.57. The number of nitrogens with one attached hydrogen (secondary N) is 1. The van der Waals surface area contributed by atoms with Gasteiger partial charge in [0.15, 0.2) is 5.17 Å². The molecule has 132 valence electrons. The Morgan fingerprint density at radius 2 is 2.20 bits per heavy atom. The molecule has 1 aromatic rings. The van der Waals surface area contributed by atoms with E-state index < -0.39 is 0 Å². The number of carbonyl (C=O) groups excluding carboxylic acids is 1. The zero-order valence-corrected chi connectivity index (χ0v) is 14.8. The molecule has 0 unspecified atom stereocenters. The zero-order chi connectivity index (χ0) is 17.5. The number of hydrogen-bond donors (Lipinski definition) is 1. The number of nitrogens with zero attached hydrogens (tertiary/aromatic N) is 1. The highest BCUT2D eigenvalue weighted by Gasteiger charge is 2.38. The van der Waals surface area contributed by atoms with Crippen LogP contribution in [0.25, 0.3) is 0 Å². The van der Waals surface area contributed by atoms with Gasteiger partial charge in [0.1, 0.15) is 18.1 Å². The van der Waals surface area contributed by atoms with Crippen LogP contribution in [0.4, 0.5) is 0 Å². The lowest BCUT2D eigenvalue weighted by Crippen LogP contribution is -2.37. The minimum Gasteiger partial charge on any atom is -0.463 e. The van der Waals surface area contributed by atoms with Crippen molar-refractivity contribution in [1.82, 2.24) is 5.32 Å². The highest BCUT2D eigenvalue weighted by molar-refractivity contribution is 8.14. The highest BCUT2D eigenvalue weighted by Crippen LogP contribution is 2.34. The van der Waals surface area contributed by atoms with E-state index in [0.29, 0.717) is 19.8 Å². The average molecular weight is 360 g/mol. The van der Waals surface area contributed by atoms with Gasteiger partial charge in [-0.05, 0) is 5.56 Å². The number of rotatable bonds is 7. The lowest BCUT2D eigenvalue weighted by Gasteiger charge is -2.28. The van der Waals surface area contributed by atoms with Crippen LogP contribution in [-0.4, -0.2) is 48.5 Å². The smallest absolute Gasteiger partial charge is 0.302 e. The van der Waals surface area contributed by atoms with Crippen molar-refractivity contribution < 1.29 is 19.0 Å². The van der Waals surface area contributed by atoms with Crippen molar-refractivity contribution in [3.8, 4) is 0 Å². The van der Waals surface area contributed by atoms with Crippen LogP contribution in [0.5, 0.6) is 0 Å². The van der Waals surface area contributed by atoms with Gasteiger partial charge < -0.3 is 19.5 Å². The molecule has 0 aromatic heterocycles. The molecule has 25 heavy (non-hydrogen) atoms. The molecule has 0 aliphatic carbocycles. The largest absolute Gasteiger partial charge is 0.463 e. The first-order valence-corrected chi connectivity index (χ1v) is 8.98. The number of fused-ring (bicyclic) bond motifs is 1. The fourth-order valence-corrected chi connectivity index (χ4v) is 3.35. The van der Waals surface area contributed by atoms with Crippen LogP contribution in [0.15, 0.2) is 35.3 Å². The highest BCUT2D eigenvalue weighted by atomic mass is 32.2. The maximum absolute atomic E-state index is 10.9. The summed E-state index contributed by atoms with van der Waals surface area (Å²) in [7, 11) is 0. The van der Waals surface area contributed by atoms with Crippen molar-refractivity contribution in [2.24, 2.45) is 4.99 Å². The second-order valence-corrected chi connectivity index (χ2v) is 6.63. The number of esters is 1. The third-order valence-corrected chi connectivity index (χ3v) is 4.58. The summed E-state index contributed by atoms with van der Waals surface area (Å²) in [5.41, 5.74) is 0.998. The monoisotopic (exact) mass is 360 g/mol. The molecule has 0 amide bonds. The van der Waals surface area contributed by atoms with E-state index in [9.17, 15) is 4.79 Å². The summed E-state index contributed by atoms with van der Waals surface area (Å²) in [6, 6.07) is 9.89. The van der Waals surface area contributed by atoms with Crippen LogP contribution in [0, 0.1) is 12.8 Å². The topological polar surface area (TPSA) is 69.2 Å².